The van der Waals surface area contributed by atoms with E-state index < -0.39 is 6.61 Å². The molecule has 0 unspecified atom stereocenters. The normalized spacial score (nSPS) is 11.0. The predicted octanol–water partition coefficient (Wildman–Crippen LogP) is 5.16. The third-order valence-corrected chi connectivity index (χ3v) is 3.81. The van der Waals surface area contributed by atoms with Crippen molar-refractivity contribution >= 4 is 11.9 Å². The van der Waals surface area contributed by atoms with Crippen LogP contribution in [0.15, 0.2) is 79.1 Å². The SMILES string of the molecule is O=C(/C=C/c1ccccc1OCc1cccnc1)c1ccc(OC(F)F)cc1. The van der Waals surface area contributed by atoms with Crippen LogP contribution >= 0.6 is 0 Å². The van der Waals surface area contributed by atoms with Gasteiger partial charge in [-0.2, -0.15) is 8.78 Å². The van der Waals surface area contributed by atoms with Crippen LogP contribution < -0.4 is 9.47 Å². The van der Waals surface area contributed by atoms with E-state index in [1.54, 1.807) is 18.5 Å². The molecule has 3 aromatic rings. The fourth-order valence-electron chi connectivity index (χ4n) is 2.46. The summed E-state index contributed by atoms with van der Waals surface area (Å²) in [7, 11) is 0. The Balaban J connectivity index is 1.67. The Morgan fingerprint density at radius 3 is 2.54 bits per heavy atom. The Morgan fingerprint density at radius 2 is 1.82 bits per heavy atom. The molecule has 1 aromatic heterocycles. The van der Waals surface area contributed by atoms with E-state index in [9.17, 15) is 13.6 Å². The number of ether oxygens (including phenoxy) is 2. The molecule has 0 bridgehead atoms. The van der Waals surface area contributed by atoms with Gasteiger partial charge in [0, 0.05) is 29.1 Å². The average molecular weight is 381 g/mol. The highest BCUT2D eigenvalue weighted by atomic mass is 19.3. The summed E-state index contributed by atoms with van der Waals surface area (Å²) in [5, 5.41) is 0. The van der Waals surface area contributed by atoms with Crippen molar-refractivity contribution < 1.29 is 23.0 Å². The molecule has 0 N–H and O–H groups in total. The molecule has 1 heterocycles. The summed E-state index contributed by atoms with van der Waals surface area (Å²) in [5.74, 6) is 0.381. The number of halogens is 2. The number of para-hydroxylation sites is 1. The van der Waals surface area contributed by atoms with E-state index in [1.807, 2.05) is 36.4 Å². The summed E-state index contributed by atoms with van der Waals surface area (Å²) in [6.07, 6.45) is 6.49. The van der Waals surface area contributed by atoms with Crippen LogP contribution in [0.1, 0.15) is 21.5 Å². The first kappa shape index (κ1) is 19.2. The molecule has 0 aliphatic heterocycles. The van der Waals surface area contributed by atoms with Gasteiger partial charge in [-0.25, -0.2) is 0 Å². The van der Waals surface area contributed by atoms with Gasteiger partial charge in [-0.1, -0.05) is 24.3 Å². The molecule has 28 heavy (non-hydrogen) atoms. The lowest BCUT2D eigenvalue weighted by atomic mass is 10.1. The third kappa shape index (κ3) is 5.48. The number of alkyl halides is 2. The largest absolute Gasteiger partial charge is 0.488 e. The number of carbonyl (C=O) groups is 1. The lowest BCUT2D eigenvalue weighted by molar-refractivity contribution is -0.0498. The molecule has 0 aliphatic carbocycles. The van der Waals surface area contributed by atoms with E-state index in [-0.39, 0.29) is 11.5 Å². The molecule has 2 aromatic carbocycles. The minimum Gasteiger partial charge on any atom is -0.488 e. The molecule has 4 nitrogen and oxygen atoms in total. The van der Waals surface area contributed by atoms with E-state index in [2.05, 4.69) is 9.72 Å². The van der Waals surface area contributed by atoms with Gasteiger partial charge >= 0.3 is 6.61 Å². The number of hydrogen-bond acceptors (Lipinski definition) is 4. The van der Waals surface area contributed by atoms with Crippen LogP contribution in [0, 0.1) is 0 Å². The number of allylic oxidation sites excluding steroid dienone is 1. The number of ketones is 1. The second-order valence-corrected chi connectivity index (χ2v) is 5.79. The minimum atomic E-state index is -2.90. The molecule has 0 saturated carbocycles. The molecular formula is C22H17F2NO3. The summed E-state index contributed by atoms with van der Waals surface area (Å²) >= 11 is 0. The Hall–Kier alpha value is -3.54. The fraction of sp³-hybridized carbons (Fsp3) is 0.0909. The van der Waals surface area contributed by atoms with E-state index in [4.69, 9.17) is 4.74 Å². The lowest BCUT2D eigenvalue weighted by Gasteiger charge is -2.09. The topological polar surface area (TPSA) is 48.4 Å². The second kappa shape index (κ2) is 9.41. The minimum absolute atomic E-state index is 0.00433. The predicted molar refractivity (Wildman–Crippen MR) is 101 cm³/mol. The number of pyridine rings is 1. The number of aromatic nitrogens is 1. The molecule has 3 rings (SSSR count). The molecule has 0 aliphatic rings. The average Bonchev–Trinajstić information content (AvgIpc) is 2.72. The third-order valence-electron chi connectivity index (χ3n) is 3.81. The van der Waals surface area contributed by atoms with Crippen LogP contribution in [0.3, 0.4) is 0 Å². The van der Waals surface area contributed by atoms with Gasteiger partial charge in [0.2, 0.25) is 0 Å². The van der Waals surface area contributed by atoms with E-state index in [1.165, 1.54) is 30.3 Å². The zero-order valence-corrected chi connectivity index (χ0v) is 14.8. The first-order chi connectivity index (χ1) is 13.6. The van der Waals surface area contributed by atoms with Gasteiger partial charge < -0.3 is 9.47 Å². The van der Waals surface area contributed by atoms with Gasteiger partial charge in [0.25, 0.3) is 0 Å². The highest BCUT2D eigenvalue weighted by Crippen LogP contribution is 2.21. The quantitative estimate of drug-likeness (QED) is 0.400. The smallest absolute Gasteiger partial charge is 0.387 e. The first-order valence-corrected chi connectivity index (χ1v) is 8.50. The summed E-state index contributed by atoms with van der Waals surface area (Å²) in [4.78, 5) is 16.4. The summed E-state index contributed by atoms with van der Waals surface area (Å²) in [6.45, 7) is -2.54. The maximum Gasteiger partial charge on any atom is 0.387 e. The molecule has 0 spiro atoms. The van der Waals surface area contributed by atoms with Gasteiger partial charge in [-0.3, -0.25) is 9.78 Å². The first-order valence-electron chi connectivity index (χ1n) is 8.50. The number of nitrogens with zero attached hydrogens (tertiary/aromatic N) is 1. The number of rotatable bonds is 8. The Kier molecular flexibility index (Phi) is 6.46. The molecular weight excluding hydrogens is 364 g/mol. The van der Waals surface area contributed by atoms with E-state index >= 15 is 0 Å². The molecule has 6 heteroatoms. The maximum absolute atomic E-state index is 12.3. The highest BCUT2D eigenvalue weighted by Gasteiger charge is 2.07. The molecule has 0 fully saturated rings. The number of hydrogen-bond donors (Lipinski definition) is 0. The zero-order chi connectivity index (χ0) is 19.8. The van der Waals surface area contributed by atoms with Gasteiger partial charge in [-0.05, 0) is 48.6 Å². The van der Waals surface area contributed by atoms with Crippen LogP contribution in [0.5, 0.6) is 11.5 Å². The summed E-state index contributed by atoms with van der Waals surface area (Å²) in [6, 6.07) is 16.6. The van der Waals surface area contributed by atoms with Crippen LogP contribution in [-0.2, 0) is 6.61 Å². The van der Waals surface area contributed by atoms with Crippen LogP contribution in [0.4, 0.5) is 8.78 Å². The zero-order valence-electron chi connectivity index (χ0n) is 14.8. The molecule has 0 atom stereocenters. The maximum atomic E-state index is 12.3. The Bertz CT molecular complexity index is 942. The van der Waals surface area contributed by atoms with Crippen molar-refractivity contribution in [3.8, 4) is 11.5 Å². The van der Waals surface area contributed by atoms with Gasteiger partial charge in [0.15, 0.2) is 5.78 Å². The van der Waals surface area contributed by atoms with Crippen molar-refractivity contribution in [3.05, 3.63) is 95.8 Å². The van der Waals surface area contributed by atoms with Crippen molar-refractivity contribution in [3.63, 3.8) is 0 Å². The number of benzene rings is 2. The van der Waals surface area contributed by atoms with Gasteiger partial charge in [0.05, 0.1) is 0 Å². The van der Waals surface area contributed by atoms with Crippen LogP contribution in [0.25, 0.3) is 6.08 Å². The fourth-order valence-corrected chi connectivity index (χ4v) is 2.46. The standard InChI is InChI=1S/C22H17F2NO3/c23-22(24)28-19-10-7-17(8-11-19)20(26)12-9-18-5-1-2-6-21(18)27-15-16-4-3-13-25-14-16/h1-14,22H,15H2/b12-9+. The Labute approximate surface area is 161 Å². The lowest BCUT2D eigenvalue weighted by Crippen LogP contribution is -2.02. The molecule has 0 saturated heterocycles. The van der Waals surface area contributed by atoms with E-state index in [0.717, 1.165) is 11.1 Å². The molecule has 0 amide bonds. The second-order valence-electron chi connectivity index (χ2n) is 5.79. The van der Waals surface area contributed by atoms with Gasteiger partial charge in [-0.15, -0.1) is 0 Å². The van der Waals surface area contributed by atoms with Crippen molar-refractivity contribution in [2.45, 2.75) is 13.2 Å². The highest BCUT2D eigenvalue weighted by molar-refractivity contribution is 6.07. The van der Waals surface area contributed by atoms with Crippen LogP contribution in [-0.4, -0.2) is 17.4 Å². The van der Waals surface area contributed by atoms with Crippen LogP contribution in [0.2, 0.25) is 0 Å². The summed E-state index contributed by atoms with van der Waals surface area (Å²) < 4.78 is 34.5. The van der Waals surface area contributed by atoms with Crippen molar-refractivity contribution in [2.24, 2.45) is 0 Å². The van der Waals surface area contributed by atoms with E-state index in [0.29, 0.717) is 17.9 Å². The monoisotopic (exact) mass is 381 g/mol. The molecule has 142 valence electrons. The summed E-state index contributed by atoms with van der Waals surface area (Å²) in [5.41, 5.74) is 2.05. The van der Waals surface area contributed by atoms with Crippen molar-refractivity contribution in [1.29, 1.82) is 0 Å². The van der Waals surface area contributed by atoms with Crippen molar-refractivity contribution in [2.75, 3.05) is 0 Å². The van der Waals surface area contributed by atoms with Crippen molar-refractivity contribution in [1.82, 2.24) is 4.98 Å². The van der Waals surface area contributed by atoms with Gasteiger partial charge in [0.1, 0.15) is 18.1 Å². The molecule has 0 radical (unpaired) electrons. The number of carbonyl (C=O) groups excluding carboxylic acids is 1. The Morgan fingerprint density at radius 1 is 1.04 bits per heavy atom.